The first-order chi connectivity index (χ1) is 10.7. The second-order valence-electron chi connectivity index (χ2n) is 4.95. The fraction of sp³-hybridized carbons (Fsp3) is 0.294. The number of methoxy groups -OCH3 is 1. The van der Waals surface area contributed by atoms with Crippen molar-refractivity contribution in [3.8, 4) is 5.88 Å². The Hall–Kier alpha value is -2.56. The van der Waals surface area contributed by atoms with Crippen LogP contribution in [0.4, 0.5) is 0 Å². The van der Waals surface area contributed by atoms with Crippen molar-refractivity contribution in [3.63, 3.8) is 0 Å². The van der Waals surface area contributed by atoms with Crippen molar-refractivity contribution in [1.29, 1.82) is 0 Å². The van der Waals surface area contributed by atoms with Crippen LogP contribution in [0.5, 0.6) is 5.88 Å². The number of rotatable bonds is 5. The summed E-state index contributed by atoms with van der Waals surface area (Å²) in [6.45, 7) is 1.48. The molecule has 1 heterocycles. The molecule has 22 heavy (non-hydrogen) atoms. The van der Waals surface area contributed by atoms with Gasteiger partial charge in [0.05, 0.1) is 7.11 Å². The van der Waals surface area contributed by atoms with Gasteiger partial charge in [-0.15, -0.1) is 0 Å². The summed E-state index contributed by atoms with van der Waals surface area (Å²) < 4.78 is 5.13. The van der Waals surface area contributed by atoms with Gasteiger partial charge in [0.1, 0.15) is 0 Å². The van der Waals surface area contributed by atoms with Gasteiger partial charge in [0.2, 0.25) is 5.88 Å². The van der Waals surface area contributed by atoms with Gasteiger partial charge < -0.3 is 15.0 Å². The average molecular weight is 298 g/mol. The van der Waals surface area contributed by atoms with Gasteiger partial charge in [0, 0.05) is 39.4 Å². The van der Waals surface area contributed by atoms with Gasteiger partial charge in [-0.05, 0) is 17.2 Å². The second-order valence-corrected chi connectivity index (χ2v) is 4.95. The van der Waals surface area contributed by atoms with E-state index in [0.29, 0.717) is 12.4 Å². The zero-order valence-electron chi connectivity index (χ0n) is 13.3. The normalized spacial score (nSPS) is 11.1. The van der Waals surface area contributed by atoms with Crippen LogP contribution in [-0.2, 0) is 13.1 Å². The van der Waals surface area contributed by atoms with Gasteiger partial charge in [-0.25, -0.2) is 4.98 Å². The van der Waals surface area contributed by atoms with E-state index >= 15 is 0 Å². The van der Waals surface area contributed by atoms with Gasteiger partial charge in [-0.3, -0.25) is 4.99 Å². The van der Waals surface area contributed by atoms with E-state index in [2.05, 4.69) is 32.3 Å². The predicted molar refractivity (Wildman–Crippen MR) is 88.9 cm³/mol. The molecule has 0 aliphatic carbocycles. The summed E-state index contributed by atoms with van der Waals surface area (Å²) in [4.78, 5) is 10.5. The molecule has 2 rings (SSSR count). The molecule has 1 aromatic heterocycles. The molecule has 0 saturated carbocycles. The number of hydrogen-bond donors (Lipinski definition) is 1. The zero-order chi connectivity index (χ0) is 15.8. The van der Waals surface area contributed by atoms with Crippen molar-refractivity contribution in [2.24, 2.45) is 4.99 Å². The van der Waals surface area contributed by atoms with Gasteiger partial charge >= 0.3 is 0 Å². The molecule has 0 aliphatic heterocycles. The van der Waals surface area contributed by atoms with Crippen LogP contribution < -0.4 is 10.1 Å². The van der Waals surface area contributed by atoms with E-state index in [1.807, 2.05) is 37.4 Å². The summed E-state index contributed by atoms with van der Waals surface area (Å²) in [7, 11) is 5.43. The van der Waals surface area contributed by atoms with Crippen molar-refractivity contribution < 1.29 is 4.74 Å². The fourth-order valence-electron chi connectivity index (χ4n) is 2.17. The third-order valence-corrected chi connectivity index (χ3v) is 3.29. The first kappa shape index (κ1) is 15.8. The molecule has 1 N–H and O–H groups in total. The van der Waals surface area contributed by atoms with Crippen molar-refractivity contribution in [1.82, 2.24) is 15.2 Å². The topological polar surface area (TPSA) is 49.8 Å². The summed E-state index contributed by atoms with van der Waals surface area (Å²) in [6.07, 6.45) is 1.74. The molecule has 0 saturated heterocycles. The number of guanidine groups is 1. The zero-order valence-corrected chi connectivity index (χ0v) is 13.3. The van der Waals surface area contributed by atoms with Crippen LogP contribution in [0.1, 0.15) is 11.1 Å². The quantitative estimate of drug-likeness (QED) is 0.680. The van der Waals surface area contributed by atoms with Gasteiger partial charge in [-0.1, -0.05) is 30.3 Å². The minimum atomic E-state index is 0.618. The Morgan fingerprint density at radius 1 is 1.23 bits per heavy atom. The molecule has 0 spiro atoms. The maximum Gasteiger partial charge on any atom is 0.213 e. The molecular weight excluding hydrogens is 276 g/mol. The van der Waals surface area contributed by atoms with Gasteiger partial charge in [-0.2, -0.15) is 0 Å². The third kappa shape index (κ3) is 4.48. The smallest absolute Gasteiger partial charge is 0.213 e. The van der Waals surface area contributed by atoms with Crippen LogP contribution in [0.3, 0.4) is 0 Å². The molecule has 0 atom stereocenters. The summed E-state index contributed by atoms with van der Waals surface area (Å²) >= 11 is 0. The number of aliphatic imine (C=N–C) groups is 1. The van der Waals surface area contributed by atoms with E-state index in [1.165, 1.54) is 5.56 Å². The number of aromatic nitrogens is 1. The van der Waals surface area contributed by atoms with Crippen molar-refractivity contribution in [3.05, 3.63) is 59.8 Å². The van der Waals surface area contributed by atoms with Crippen LogP contribution in [-0.4, -0.2) is 37.0 Å². The molecule has 0 amide bonds. The summed E-state index contributed by atoms with van der Waals surface area (Å²) in [5.41, 5.74) is 2.35. The molecule has 0 unspecified atom stereocenters. The van der Waals surface area contributed by atoms with Crippen LogP contribution in [0.2, 0.25) is 0 Å². The standard InChI is InChI=1S/C17H22N4O/c1-18-17(21(2)13-14-7-5-4-6-8-14)20-12-15-9-10-19-16(11-15)22-3/h4-11H,12-13H2,1-3H3,(H,18,20). The van der Waals surface area contributed by atoms with E-state index in [9.17, 15) is 0 Å². The van der Waals surface area contributed by atoms with Crippen LogP contribution in [0.15, 0.2) is 53.7 Å². The second kappa shape index (κ2) is 8.02. The Balaban J connectivity index is 1.94. The Labute approximate surface area is 131 Å². The van der Waals surface area contributed by atoms with Crippen molar-refractivity contribution >= 4 is 5.96 Å². The lowest BCUT2D eigenvalue weighted by Crippen LogP contribution is -2.38. The lowest BCUT2D eigenvalue weighted by molar-refractivity contribution is 0.397. The van der Waals surface area contributed by atoms with E-state index in [1.54, 1.807) is 20.4 Å². The predicted octanol–water partition coefficient (Wildman–Crippen LogP) is 2.30. The highest BCUT2D eigenvalue weighted by Gasteiger charge is 2.06. The highest BCUT2D eigenvalue weighted by Crippen LogP contribution is 2.08. The number of ether oxygens (including phenoxy) is 1. The number of benzene rings is 1. The Morgan fingerprint density at radius 2 is 2.00 bits per heavy atom. The molecule has 5 heteroatoms. The Bertz CT molecular complexity index is 613. The van der Waals surface area contributed by atoms with Crippen molar-refractivity contribution in [2.75, 3.05) is 21.2 Å². The minimum absolute atomic E-state index is 0.618. The monoisotopic (exact) mass is 298 g/mol. The molecule has 0 bridgehead atoms. The average Bonchev–Trinajstić information content (AvgIpc) is 2.56. The molecule has 2 aromatic rings. The number of nitrogens with one attached hydrogen (secondary N) is 1. The lowest BCUT2D eigenvalue weighted by atomic mass is 10.2. The molecule has 0 aliphatic rings. The highest BCUT2D eigenvalue weighted by atomic mass is 16.5. The molecule has 5 nitrogen and oxygen atoms in total. The van der Waals surface area contributed by atoms with Crippen LogP contribution >= 0.6 is 0 Å². The SMILES string of the molecule is CN=C(NCc1ccnc(OC)c1)N(C)Cc1ccccc1. The van der Waals surface area contributed by atoms with E-state index < -0.39 is 0 Å². The molecule has 0 fully saturated rings. The number of nitrogens with zero attached hydrogens (tertiary/aromatic N) is 3. The number of hydrogen-bond acceptors (Lipinski definition) is 3. The molecule has 0 radical (unpaired) electrons. The maximum atomic E-state index is 5.13. The van der Waals surface area contributed by atoms with Gasteiger partial charge in [0.25, 0.3) is 0 Å². The fourth-order valence-corrected chi connectivity index (χ4v) is 2.17. The molecule has 116 valence electrons. The summed E-state index contributed by atoms with van der Waals surface area (Å²) in [5.74, 6) is 1.46. The lowest BCUT2D eigenvalue weighted by Gasteiger charge is -2.22. The van der Waals surface area contributed by atoms with E-state index in [-0.39, 0.29) is 0 Å². The Morgan fingerprint density at radius 3 is 2.68 bits per heavy atom. The highest BCUT2D eigenvalue weighted by molar-refractivity contribution is 5.79. The third-order valence-electron chi connectivity index (χ3n) is 3.29. The van der Waals surface area contributed by atoms with E-state index in [4.69, 9.17) is 4.74 Å². The first-order valence-electron chi connectivity index (χ1n) is 7.17. The summed E-state index contributed by atoms with van der Waals surface area (Å²) in [5, 5.41) is 3.35. The van der Waals surface area contributed by atoms with E-state index in [0.717, 1.165) is 18.1 Å². The summed E-state index contributed by atoms with van der Waals surface area (Å²) in [6, 6.07) is 14.2. The van der Waals surface area contributed by atoms with Crippen molar-refractivity contribution in [2.45, 2.75) is 13.1 Å². The van der Waals surface area contributed by atoms with Crippen LogP contribution in [0.25, 0.3) is 0 Å². The Kier molecular flexibility index (Phi) is 5.77. The largest absolute Gasteiger partial charge is 0.481 e. The minimum Gasteiger partial charge on any atom is -0.481 e. The van der Waals surface area contributed by atoms with Gasteiger partial charge in [0.15, 0.2) is 5.96 Å². The molecule has 1 aromatic carbocycles. The number of pyridine rings is 1. The first-order valence-corrected chi connectivity index (χ1v) is 7.17. The molecular formula is C17H22N4O. The van der Waals surface area contributed by atoms with Crippen LogP contribution in [0, 0.1) is 0 Å². The maximum absolute atomic E-state index is 5.13.